The minimum absolute atomic E-state index is 0.0881. The van der Waals surface area contributed by atoms with Gasteiger partial charge in [-0.1, -0.05) is 0 Å². The van der Waals surface area contributed by atoms with E-state index in [1.54, 1.807) is 0 Å². The van der Waals surface area contributed by atoms with Crippen molar-refractivity contribution in [2.45, 2.75) is 13.0 Å². The number of anilines is 1. The highest BCUT2D eigenvalue weighted by Crippen LogP contribution is 2.25. The van der Waals surface area contributed by atoms with E-state index in [9.17, 15) is 14.5 Å². The number of hydrogen-bond donors (Lipinski definition) is 0. The minimum atomic E-state index is -0.590. The molecule has 5 nitrogen and oxygen atoms in total. The molecule has 92 valence electrons. The Morgan fingerprint density at radius 3 is 2.94 bits per heavy atom. The van der Waals surface area contributed by atoms with Crippen molar-refractivity contribution in [3.05, 3.63) is 34.1 Å². The lowest BCUT2D eigenvalue weighted by Crippen LogP contribution is -2.43. The quantitative estimate of drug-likeness (QED) is 0.585. The van der Waals surface area contributed by atoms with E-state index >= 15 is 0 Å². The summed E-state index contributed by atoms with van der Waals surface area (Å²) in [5.74, 6) is -0.590. The molecule has 1 aromatic rings. The van der Waals surface area contributed by atoms with Gasteiger partial charge in [-0.3, -0.25) is 10.1 Å². The van der Waals surface area contributed by atoms with Gasteiger partial charge in [-0.15, -0.1) is 0 Å². The van der Waals surface area contributed by atoms with Crippen molar-refractivity contribution >= 4 is 11.4 Å². The highest BCUT2D eigenvalue weighted by Gasteiger charge is 2.21. The topological polar surface area (TPSA) is 55.6 Å². The van der Waals surface area contributed by atoms with E-state index in [-0.39, 0.29) is 11.7 Å². The number of nitrogens with zero attached hydrogens (tertiary/aromatic N) is 2. The number of morpholine rings is 1. The molecule has 1 unspecified atom stereocenters. The van der Waals surface area contributed by atoms with Crippen LogP contribution in [0, 0.1) is 15.9 Å². The predicted molar refractivity (Wildman–Crippen MR) is 60.7 cm³/mol. The number of non-ortho nitro benzene ring substituents is 1. The number of halogens is 1. The molecule has 1 aliphatic rings. The Hall–Kier alpha value is -1.69. The standard InChI is InChI=1S/C11H13FN2O3/c1-8-7-17-3-2-13(8)10-4-9(12)5-11(6-10)14(15)16/h4-6,8H,2-3,7H2,1H3. The van der Waals surface area contributed by atoms with E-state index in [2.05, 4.69) is 0 Å². The van der Waals surface area contributed by atoms with Crippen LogP contribution in [0.1, 0.15) is 6.92 Å². The summed E-state index contributed by atoms with van der Waals surface area (Å²) in [6.45, 7) is 3.65. The Morgan fingerprint density at radius 2 is 2.29 bits per heavy atom. The van der Waals surface area contributed by atoms with Gasteiger partial charge >= 0.3 is 0 Å². The first-order valence-corrected chi connectivity index (χ1v) is 5.37. The average molecular weight is 240 g/mol. The van der Waals surface area contributed by atoms with Crippen LogP contribution in [0.2, 0.25) is 0 Å². The molecule has 1 atom stereocenters. The zero-order valence-electron chi connectivity index (χ0n) is 9.43. The number of nitro benzene ring substituents is 1. The molecule has 0 aromatic heterocycles. The fraction of sp³-hybridized carbons (Fsp3) is 0.455. The van der Waals surface area contributed by atoms with Crippen LogP contribution in [-0.4, -0.2) is 30.7 Å². The van der Waals surface area contributed by atoms with Gasteiger partial charge in [0, 0.05) is 24.3 Å². The second-order valence-corrected chi connectivity index (χ2v) is 4.04. The van der Waals surface area contributed by atoms with Gasteiger partial charge in [0.15, 0.2) is 0 Å². The summed E-state index contributed by atoms with van der Waals surface area (Å²) in [6.07, 6.45) is 0. The van der Waals surface area contributed by atoms with Crippen LogP contribution < -0.4 is 4.90 Å². The second-order valence-electron chi connectivity index (χ2n) is 4.04. The zero-order chi connectivity index (χ0) is 12.4. The van der Waals surface area contributed by atoms with E-state index in [4.69, 9.17) is 4.74 Å². The van der Waals surface area contributed by atoms with Crippen LogP contribution in [0.4, 0.5) is 15.8 Å². The molecule has 6 heteroatoms. The predicted octanol–water partition coefficient (Wildman–Crippen LogP) is 1.96. The smallest absolute Gasteiger partial charge is 0.274 e. The van der Waals surface area contributed by atoms with E-state index in [0.717, 1.165) is 6.07 Å². The number of ether oxygens (including phenoxy) is 1. The number of hydrogen-bond acceptors (Lipinski definition) is 4. The van der Waals surface area contributed by atoms with Crippen LogP contribution in [0.25, 0.3) is 0 Å². The maximum absolute atomic E-state index is 13.3. The first-order valence-electron chi connectivity index (χ1n) is 5.37. The Kier molecular flexibility index (Phi) is 3.23. The molecule has 0 N–H and O–H groups in total. The first kappa shape index (κ1) is 11.8. The van der Waals surface area contributed by atoms with Crippen LogP contribution in [0.5, 0.6) is 0 Å². The largest absolute Gasteiger partial charge is 0.377 e. The average Bonchev–Trinajstić information content (AvgIpc) is 2.28. The molecule has 0 aliphatic carbocycles. The Morgan fingerprint density at radius 1 is 1.53 bits per heavy atom. The third-order valence-corrected chi connectivity index (χ3v) is 2.78. The maximum Gasteiger partial charge on any atom is 0.274 e. The summed E-state index contributed by atoms with van der Waals surface area (Å²) in [4.78, 5) is 12.0. The van der Waals surface area contributed by atoms with Crippen molar-refractivity contribution in [2.24, 2.45) is 0 Å². The summed E-state index contributed by atoms with van der Waals surface area (Å²) in [7, 11) is 0. The molecule has 0 saturated carbocycles. The van der Waals surface area contributed by atoms with Gasteiger partial charge in [0.05, 0.1) is 24.2 Å². The van der Waals surface area contributed by atoms with Crippen LogP contribution in [0.3, 0.4) is 0 Å². The van der Waals surface area contributed by atoms with E-state index in [1.165, 1.54) is 12.1 Å². The molecule has 0 bridgehead atoms. The van der Waals surface area contributed by atoms with Crippen LogP contribution in [0.15, 0.2) is 18.2 Å². The summed E-state index contributed by atoms with van der Waals surface area (Å²) >= 11 is 0. The van der Waals surface area contributed by atoms with Crippen LogP contribution in [-0.2, 0) is 4.74 Å². The van der Waals surface area contributed by atoms with Gasteiger partial charge in [0.25, 0.3) is 5.69 Å². The second kappa shape index (κ2) is 4.67. The van der Waals surface area contributed by atoms with Gasteiger partial charge in [-0.25, -0.2) is 4.39 Å². The molecule has 1 heterocycles. The molecule has 1 fully saturated rings. The number of benzene rings is 1. The van der Waals surface area contributed by atoms with E-state index in [0.29, 0.717) is 25.4 Å². The normalized spacial score (nSPS) is 20.4. The monoisotopic (exact) mass is 240 g/mol. The van der Waals surface area contributed by atoms with Crippen molar-refractivity contribution in [1.29, 1.82) is 0 Å². The van der Waals surface area contributed by atoms with Gasteiger partial charge in [-0.2, -0.15) is 0 Å². The molecular formula is C11H13FN2O3. The molecule has 1 saturated heterocycles. The van der Waals surface area contributed by atoms with Crippen molar-refractivity contribution in [2.75, 3.05) is 24.7 Å². The van der Waals surface area contributed by atoms with Gasteiger partial charge < -0.3 is 9.64 Å². The van der Waals surface area contributed by atoms with Crippen molar-refractivity contribution in [3.63, 3.8) is 0 Å². The summed E-state index contributed by atoms with van der Waals surface area (Å²) < 4.78 is 18.6. The maximum atomic E-state index is 13.3. The summed E-state index contributed by atoms with van der Waals surface area (Å²) in [5.41, 5.74) is 0.311. The van der Waals surface area contributed by atoms with E-state index < -0.39 is 10.7 Å². The Balaban J connectivity index is 2.33. The number of rotatable bonds is 2. The molecule has 0 amide bonds. The molecule has 0 radical (unpaired) electrons. The first-order chi connectivity index (χ1) is 8.08. The number of nitro groups is 1. The van der Waals surface area contributed by atoms with Gasteiger partial charge in [0.1, 0.15) is 5.82 Å². The highest BCUT2D eigenvalue weighted by atomic mass is 19.1. The zero-order valence-corrected chi connectivity index (χ0v) is 9.43. The minimum Gasteiger partial charge on any atom is -0.377 e. The summed E-state index contributed by atoms with van der Waals surface area (Å²) in [6, 6.07) is 3.72. The van der Waals surface area contributed by atoms with Gasteiger partial charge in [0.2, 0.25) is 0 Å². The molecule has 0 spiro atoms. The van der Waals surface area contributed by atoms with Crippen LogP contribution >= 0.6 is 0 Å². The third kappa shape index (κ3) is 2.52. The third-order valence-electron chi connectivity index (χ3n) is 2.78. The van der Waals surface area contributed by atoms with Crippen molar-refractivity contribution < 1.29 is 14.1 Å². The fourth-order valence-corrected chi connectivity index (χ4v) is 1.94. The fourth-order valence-electron chi connectivity index (χ4n) is 1.94. The Labute approximate surface area is 97.9 Å². The lowest BCUT2D eigenvalue weighted by molar-refractivity contribution is -0.385. The van der Waals surface area contributed by atoms with Crippen molar-refractivity contribution in [3.8, 4) is 0 Å². The van der Waals surface area contributed by atoms with E-state index in [1.807, 2.05) is 11.8 Å². The SMILES string of the molecule is CC1COCCN1c1cc(F)cc([N+](=O)[O-])c1. The highest BCUT2D eigenvalue weighted by molar-refractivity contribution is 5.54. The lowest BCUT2D eigenvalue weighted by atomic mass is 10.2. The molecular weight excluding hydrogens is 227 g/mol. The molecule has 17 heavy (non-hydrogen) atoms. The molecule has 1 aliphatic heterocycles. The summed E-state index contributed by atoms with van der Waals surface area (Å²) in [5, 5.41) is 10.7. The molecule has 1 aromatic carbocycles. The lowest BCUT2D eigenvalue weighted by Gasteiger charge is -2.35. The van der Waals surface area contributed by atoms with Crippen molar-refractivity contribution in [1.82, 2.24) is 0 Å². The van der Waals surface area contributed by atoms with Gasteiger partial charge in [-0.05, 0) is 13.0 Å². The Bertz CT molecular complexity index is 439. The molecule has 2 rings (SSSR count).